The van der Waals surface area contributed by atoms with Gasteiger partial charge in [-0.2, -0.15) is 4.98 Å². The van der Waals surface area contributed by atoms with Crippen molar-refractivity contribution in [3.63, 3.8) is 0 Å². The summed E-state index contributed by atoms with van der Waals surface area (Å²) in [6.07, 6.45) is 4.55. The molecule has 2 fully saturated rings. The lowest BCUT2D eigenvalue weighted by atomic mass is 9.93. The number of Topliss-reactive ketones (excluding diaryl/α,β-unsaturated/α-hetero) is 1. The van der Waals surface area contributed by atoms with Gasteiger partial charge in [-0.15, -0.1) is 0 Å². The number of carbonyl (C=O) groups is 3. The summed E-state index contributed by atoms with van der Waals surface area (Å²) in [6.45, 7) is 2.56. The molecule has 1 aliphatic heterocycles. The minimum absolute atomic E-state index is 0.00491. The van der Waals surface area contributed by atoms with Crippen LogP contribution < -0.4 is 5.32 Å². The predicted octanol–water partition coefficient (Wildman–Crippen LogP) is 3.88. The molecule has 0 radical (unpaired) electrons. The minimum atomic E-state index is -0.826. The Labute approximate surface area is 223 Å². The van der Waals surface area contributed by atoms with Gasteiger partial charge in [-0.25, -0.2) is 4.39 Å². The lowest BCUT2D eigenvalue weighted by molar-refractivity contribution is -0.130. The van der Waals surface area contributed by atoms with Crippen LogP contribution in [0.2, 0.25) is 0 Å². The Morgan fingerprint density at radius 3 is 2.62 bits per heavy atom. The van der Waals surface area contributed by atoms with Crippen molar-refractivity contribution in [1.82, 2.24) is 24.9 Å². The highest BCUT2D eigenvalue weighted by atomic mass is 19.1. The highest BCUT2D eigenvalue weighted by molar-refractivity contribution is 6.45. The van der Waals surface area contributed by atoms with E-state index in [9.17, 15) is 14.4 Å². The van der Waals surface area contributed by atoms with Gasteiger partial charge in [0.05, 0.1) is 11.1 Å². The highest BCUT2D eigenvalue weighted by Crippen LogP contribution is 2.32. The maximum atomic E-state index is 15.0. The Hall–Kier alpha value is -4.54. The van der Waals surface area contributed by atoms with E-state index in [-0.39, 0.29) is 41.8 Å². The van der Waals surface area contributed by atoms with E-state index in [4.69, 9.17) is 4.52 Å². The highest BCUT2D eigenvalue weighted by Gasteiger charge is 2.35. The van der Waals surface area contributed by atoms with Gasteiger partial charge in [0, 0.05) is 54.4 Å². The zero-order valence-corrected chi connectivity index (χ0v) is 21.3. The van der Waals surface area contributed by atoms with Gasteiger partial charge in [-0.1, -0.05) is 23.4 Å². The van der Waals surface area contributed by atoms with E-state index in [1.165, 1.54) is 23.2 Å². The van der Waals surface area contributed by atoms with Crippen molar-refractivity contribution in [2.24, 2.45) is 0 Å². The number of anilines is 1. The summed E-state index contributed by atoms with van der Waals surface area (Å²) < 4.78 is 20.3. The fraction of sp³-hybridized carbons (Fsp3) is 0.321. The molecule has 0 bridgehead atoms. The second-order valence-electron chi connectivity index (χ2n) is 10.0. The minimum Gasteiger partial charge on any atom is -0.360 e. The average Bonchev–Trinajstić information content (AvgIpc) is 3.58. The number of benzene rings is 2. The molecule has 2 aromatic carbocycles. The van der Waals surface area contributed by atoms with Crippen LogP contribution in [0.4, 0.5) is 10.4 Å². The number of fused-ring (bicyclic) bond motifs is 1. The normalized spacial score (nSPS) is 17.7. The molecule has 1 unspecified atom stereocenters. The maximum Gasteiger partial charge on any atom is 0.322 e. The molecule has 1 saturated carbocycles. The van der Waals surface area contributed by atoms with Crippen molar-refractivity contribution in [3.05, 3.63) is 65.6 Å². The summed E-state index contributed by atoms with van der Waals surface area (Å²) in [4.78, 5) is 49.9. The van der Waals surface area contributed by atoms with E-state index < -0.39 is 23.5 Å². The Balaban J connectivity index is 1.21. The fourth-order valence-electron chi connectivity index (χ4n) is 5.14. The van der Waals surface area contributed by atoms with Gasteiger partial charge < -0.3 is 24.6 Å². The smallest absolute Gasteiger partial charge is 0.322 e. The summed E-state index contributed by atoms with van der Waals surface area (Å²) >= 11 is 0. The molecule has 3 heterocycles. The number of halogens is 1. The van der Waals surface area contributed by atoms with Crippen LogP contribution >= 0.6 is 0 Å². The Morgan fingerprint density at radius 1 is 1.10 bits per heavy atom. The van der Waals surface area contributed by atoms with E-state index in [0.717, 1.165) is 19.3 Å². The van der Waals surface area contributed by atoms with Gasteiger partial charge in [0.25, 0.3) is 17.6 Å². The summed E-state index contributed by atoms with van der Waals surface area (Å²) in [7, 11) is 0. The zero-order chi connectivity index (χ0) is 27.1. The monoisotopic (exact) mass is 530 g/mol. The van der Waals surface area contributed by atoms with Crippen LogP contribution in [0.3, 0.4) is 0 Å². The molecule has 200 valence electrons. The number of nitrogens with one attached hydrogen (secondary N) is 2. The fourth-order valence-corrected chi connectivity index (χ4v) is 5.14. The average molecular weight is 531 g/mol. The van der Waals surface area contributed by atoms with E-state index >= 15 is 4.39 Å². The predicted molar refractivity (Wildman–Crippen MR) is 141 cm³/mol. The standard InChI is InChI=1S/C28H27FN6O4/c1-16-15-34(26(37)17-6-3-2-4-7-17)12-13-35(16)27(38)24(36)20-14-30-23-19(10-11-21(29)22(20)23)25-32-28(39-33-25)31-18-8-5-9-18/h2-4,6-7,10-11,14,16,18,30H,5,8-9,12-13,15H2,1H3,(H,31,32,33). The number of hydrogen-bond acceptors (Lipinski definition) is 7. The zero-order valence-electron chi connectivity index (χ0n) is 21.3. The molecule has 2 aliphatic rings. The molecular weight excluding hydrogens is 503 g/mol. The van der Waals surface area contributed by atoms with Crippen molar-refractivity contribution in [2.45, 2.75) is 38.3 Å². The van der Waals surface area contributed by atoms with Gasteiger partial charge in [0.15, 0.2) is 0 Å². The molecule has 4 aromatic rings. The van der Waals surface area contributed by atoms with Gasteiger partial charge in [-0.3, -0.25) is 14.4 Å². The first-order chi connectivity index (χ1) is 18.9. The first-order valence-corrected chi connectivity index (χ1v) is 13.0. The van der Waals surface area contributed by atoms with Gasteiger partial charge in [0.2, 0.25) is 5.82 Å². The van der Waals surface area contributed by atoms with Crippen LogP contribution in [0, 0.1) is 5.82 Å². The molecule has 6 rings (SSSR count). The summed E-state index contributed by atoms with van der Waals surface area (Å²) in [5.74, 6) is -2.10. The number of ketones is 1. The molecule has 10 nitrogen and oxygen atoms in total. The SMILES string of the molecule is CC1CN(C(=O)c2ccccc2)CCN1C(=O)C(=O)c1c[nH]c2c(-c3noc(NC4CCC4)n3)ccc(F)c12. The van der Waals surface area contributed by atoms with Gasteiger partial charge in [0.1, 0.15) is 5.82 Å². The number of H-pyrrole nitrogens is 1. The van der Waals surface area contributed by atoms with E-state index in [1.54, 1.807) is 36.1 Å². The van der Waals surface area contributed by atoms with Gasteiger partial charge >= 0.3 is 6.01 Å². The molecule has 11 heteroatoms. The molecule has 2 N–H and O–H groups in total. The number of rotatable bonds is 6. The van der Waals surface area contributed by atoms with Crippen molar-refractivity contribution in [3.8, 4) is 11.4 Å². The third-order valence-electron chi connectivity index (χ3n) is 7.52. The van der Waals surface area contributed by atoms with E-state index in [2.05, 4.69) is 20.4 Å². The molecule has 1 aliphatic carbocycles. The van der Waals surface area contributed by atoms with Gasteiger partial charge in [-0.05, 0) is 50.5 Å². The molecule has 0 spiro atoms. The quantitative estimate of drug-likeness (QED) is 0.286. The largest absolute Gasteiger partial charge is 0.360 e. The Morgan fingerprint density at radius 2 is 1.90 bits per heavy atom. The second kappa shape index (κ2) is 9.97. The summed E-state index contributed by atoms with van der Waals surface area (Å²) in [5.41, 5.74) is 1.25. The third-order valence-corrected chi connectivity index (χ3v) is 7.52. The first kappa shape index (κ1) is 24.8. The molecule has 1 atom stereocenters. The Bertz CT molecular complexity index is 1560. The maximum absolute atomic E-state index is 15.0. The molecular formula is C28H27FN6O4. The lowest BCUT2D eigenvalue weighted by Crippen LogP contribution is -2.56. The summed E-state index contributed by atoms with van der Waals surface area (Å²) in [6, 6.07) is 11.8. The Kier molecular flexibility index (Phi) is 6.34. The van der Waals surface area contributed by atoms with Crippen molar-refractivity contribution >= 4 is 34.5 Å². The van der Waals surface area contributed by atoms with Crippen LogP contribution in [0.1, 0.15) is 46.9 Å². The van der Waals surface area contributed by atoms with Crippen LogP contribution in [0.25, 0.3) is 22.3 Å². The number of carbonyl (C=O) groups excluding carboxylic acids is 3. The number of nitrogens with zero attached hydrogens (tertiary/aromatic N) is 4. The second-order valence-corrected chi connectivity index (χ2v) is 10.0. The van der Waals surface area contributed by atoms with Crippen LogP contribution in [-0.4, -0.2) is 74.2 Å². The van der Waals surface area contributed by atoms with Crippen LogP contribution in [0.5, 0.6) is 0 Å². The number of piperazine rings is 1. The van der Waals surface area contributed by atoms with Crippen molar-refractivity contribution in [1.29, 1.82) is 0 Å². The topological polar surface area (TPSA) is 124 Å². The number of hydrogen-bond donors (Lipinski definition) is 2. The van der Waals surface area contributed by atoms with E-state index in [0.29, 0.717) is 29.2 Å². The number of amides is 2. The lowest BCUT2D eigenvalue weighted by Gasteiger charge is -2.39. The molecule has 2 amide bonds. The van der Waals surface area contributed by atoms with Crippen LogP contribution in [0.15, 0.2) is 53.2 Å². The van der Waals surface area contributed by atoms with Crippen molar-refractivity contribution < 1.29 is 23.3 Å². The third kappa shape index (κ3) is 4.53. The summed E-state index contributed by atoms with van der Waals surface area (Å²) in [5, 5.41) is 7.18. The number of aromatic nitrogens is 3. The van der Waals surface area contributed by atoms with Crippen LogP contribution in [-0.2, 0) is 4.79 Å². The van der Waals surface area contributed by atoms with E-state index in [1.807, 2.05) is 6.07 Å². The first-order valence-electron chi connectivity index (χ1n) is 13.0. The molecule has 2 aromatic heterocycles. The molecule has 1 saturated heterocycles. The van der Waals surface area contributed by atoms with Crippen molar-refractivity contribution in [2.75, 3.05) is 25.0 Å². The molecule has 39 heavy (non-hydrogen) atoms. The number of aromatic amines is 1.